The summed E-state index contributed by atoms with van der Waals surface area (Å²) in [6.07, 6.45) is 0. The Bertz CT molecular complexity index is 3770. The smallest absolute Gasteiger partial charge is 0.358 e. The molecule has 58 heavy (non-hydrogen) atoms. The van der Waals surface area contributed by atoms with Gasteiger partial charge in [-0.1, -0.05) is 120 Å². The van der Waals surface area contributed by atoms with Crippen LogP contribution in [-0.2, 0) is 21.1 Å². The van der Waals surface area contributed by atoms with Crippen molar-refractivity contribution in [1.82, 2.24) is 32.5 Å². The number of imidazole rings is 4. The van der Waals surface area contributed by atoms with E-state index in [1.807, 2.05) is 12.1 Å². The normalized spacial score (nSPS) is 12.0. The summed E-state index contributed by atoms with van der Waals surface area (Å²) in [6, 6.07) is 69.5. The summed E-state index contributed by atoms with van der Waals surface area (Å²) in [5.41, 5.74) is 15.5. The van der Waals surface area contributed by atoms with E-state index in [1.54, 1.807) is 0 Å². The summed E-state index contributed by atoms with van der Waals surface area (Å²) in [5, 5.41) is 2.27. The minimum Gasteiger partial charge on any atom is -0.358 e. The van der Waals surface area contributed by atoms with Crippen molar-refractivity contribution in [3.8, 4) is 28.2 Å². The fraction of sp³-hybridized carbons (Fsp3) is 0. The van der Waals surface area contributed by atoms with E-state index in [1.165, 1.54) is 0 Å². The van der Waals surface area contributed by atoms with Crippen LogP contribution in [0.5, 0.6) is 0 Å². The first-order valence-electron chi connectivity index (χ1n) is 19.1. The summed E-state index contributed by atoms with van der Waals surface area (Å²) in [6.45, 7) is 0. The van der Waals surface area contributed by atoms with Gasteiger partial charge in [-0.15, -0.1) is 35.7 Å². The molecule has 5 heterocycles. The molecule has 7 nitrogen and oxygen atoms in total. The van der Waals surface area contributed by atoms with E-state index in [2.05, 4.69) is 198 Å². The van der Waals surface area contributed by atoms with Crippen LogP contribution >= 0.6 is 0 Å². The molecule has 0 atom stereocenters. The van der Waals surface area contributed by atoms with E-state index in [4.69, 9.17) is 9.97 Å². The quantitative estimate of drug-likeness (QED) is 0.165. The Morgan fingerprint density at radius 3 is 1.67 bits per heavy atom. The number of aromatic nitrogens is 7. The third-order valence-electron chi connectivity index (χ3n) is 11.5. The predicted molar refractivity (Wildman–Crippen MR) is 230 cm³/mol. The molecular formula is C50H29N7Pt. The van der Waals surface area contributed by atoms with Crippen LogP contribution in [0.2, 0.25) is 0 Å². The Morgan fingerprint density at radius 2 is 0.914 bits per heavy atom. The van der Waals surface area contributed by atoms with Crippen molar-refractivity contribution in [2.75, 3.05) is 0 Å². The van der Waals surface area contributed by atoms with E-state index in [-0.39, 0.29) is 21.1 Å². The number of fused-ring (bicyclic) bond motifs is 13. The Labute approximate surface area is 345 Å². The van der Waals surface area contributed by atoms with Gasteiger partial charge < -0.3 is 13.7 Å². The molecule has 0 spiro atoms. The molecule has 0 saturated heterocycles. The summed E-state index contributed by atoms with van der Waals surface area (Å²) in [4.78, 5) is 10.4. The van der Waals surface area contributed by atoms with Gasteiger partial charge in [-0.05, 0) is 59.5 Å². The molecule has 0 unspecified atom stereocenters. The third-order valence-corrected chi connectivity index (χ3v) is 11.5. The van der Waals surface area contributed by atoms with Gasteiger partial charge in [0.05, 0.1) is 44.1 Å². The van der Waals surface area contributed by atoms with Crippen molar-refractivity contribution in [3.63, 3.8) is 0 Å². The zero-order valence-corrected chi connectivity index (χ0v) is 33.0. The van der Waals surface area contributed by atoms with Gasteiger partial charge in [-0.2, -0.15) is 12.1 Å². The van der Waals surface area contributed by atoms with E-state index in [0.717, 1.165) is 106 Å². The molecule has 0 amide bonds. The van der Waals surface area contributed by atoms with Crippen LogP contribution in [0.25, 0.3) is 106 Å². The van der Waals surface area contributed by atoms with Gasteiger partial charge in [0.2, 0.25) is 11.6 Å². The zero-order valence-electron chi connectivity index (χ0n) is 30.7. The maximum absolute atomic E-state index is 5.24. The first kappa shape index (κ1) is 33.0. The minimum atomic E-state index is 0. The van der Waals surface area contributed by atoms with Crippen LogP contribution < -0.4 is 0 Å². The molecular weight excluding hydrogens is 894 g/mol. The standard InChI is InChI=1S/C50H29N7.Pt/c1-2-14-32(15-3-1)36-19-13-27-46-48(36)55(50-52-40-21-6-9-24-43(40)57(46)50)34-17-12-16-33(30-34)53-41-22-7-4-18-37(41)38-29-28-35(31-47(38)53)54-44-25-10-11-26-45(44)56-42-23-8-5-20-39(42)51-49(54)56;/h1-29H;/q-2;+2. The molecule has 274 valence electrons. The fourth-order valence-corrected chi connectivity index (χ4v) is 9.08. The molecule has 0 radical (unpaired) electrons. The second-order valence-corrected chi connectivity index (χ2v) is 14.6. The van der Waals surface area contributed by atoms with Crippen molar-refractivity contribution in [2.45, 2.75) is 0 Å². The molecule has 8 heteroatoms. The van der Waals surface area contributed by atoms with Crippen LogP contribution in [0.1, 0.15) is 0 Å². The second-order valence-electron chi connectivity index (χ2n) is 14.6. The Hall–Kier alpha value is -7.21. The van der Waals surface area contributed by atoms with Crippen LogP contribution in [0.3, 0.4) is 0 Å². The van der Waals surface area contributed by atoms with Gasteiger partial charge in [-0.25, -0.2) is 9.97 Å². The maximum atomic E-state index is 5.24. The Balaban J connectivity index is 0.00000366. The maximum Gasteiger partial charge on any atom is 2.00 e. The first-order chi connectivity index (χ1) is 28.3. The molecule has 0 fully saturated rings. The summed E-state index contributed by atoms with van der Waals surface area (Å²) >= 11 is 0. The largest absolute Gasteiger partial charge is 2.00 e. The van der Waals surface area contributed by atoms with Crippen molar-refractivity contribution in [3.05, 3.63) is 188 Å². The molecule has 0 aliphatic rings. The van der Waals surface area contributed by atoms with Crippen molar-refractivity contribution in [1.29, 1.82) is 0 Å². The third kappa shape index (κ3) is 4.48. The van der Waals surface area contributed by atoms with Crippen molar-refractivity contribution in [2.24, 2.45) is 0 Å². The monoisotopic (exact) mass is 922 g/mol. The van der Waals surface area contributed by atoms with Gasteiger partial charge in [0, 0.05) is 11.1 Å². The molecule has 0 aliphatic carbocycles. The van der Waals surface area contributed by atoms with Crippen LogP contribution in [0.15, 0.2) is 176 Å². The van der Waals surface area contributed by atoms with Gasteiger partial charge in [0.25, 0.3) is 0 Å². The number of hydrogen-bond donors (Lipinski definition) is 0. The first-order valence-corrected chi connectivity index (χ1v) is 19.1. The van der Waals surface area contributed by atoms with E-state index < -0.39 is 0 Å². The number of hydrogen-bond acceptors (Lipinski definition) is 2. The minimum absolute atomic E-state index is 0. The van der Waals surface area contributed by atoms with Gasteiger partial charge in [-0.3, -0.25) is 8.80 Å². The average Bonchev–Trinajstić information content (AvgIpc) is 4.06. The molecule has 8 aromatic carbocycles. The number of nitrogens with zero attached hydrogens (tertiary/aromatic N) is 7. The van der Waals surface area contributed by atoms with E-state index in [9.17, 15) is 0 Å². The molecule has 0 saturated carbocycles. The molecule has 5 aromatic heterocycles. The van der Waals surface area contributed by atoms with Crippen LogP contribution in [-0.4, -0.2) is 32.5 Å². The molecule has 0 bridgehead atoms. The topological polar surface area (TPSA) is 49.4 Å². The number of para-hydroxylation sites is 8. The second kappa shape index (κ2) is 12.4. The number of benzene rings is 8. The molecule has 0 N–H and O–H groups in total. The fourth-order valence-electron chi connectivity index (χ4n) is 9.08. The van der Waals surface area contributed by atoms with Gasteiger partial charge in [0.1, 0.15) is 0 Å². The van der Waals surface area contributed by atoms with Crippen molar-refractivity contribution < 1.29 is 21.1 Å². The van der Waals surface area contributed by atoms with Crippen LogP contribution in [0, 0.1) is 12.1 Å². The summed E-state index contributed by atoms with van der Waals surface area (Å²) < 4.78 is 11.3. The molecule has 0 aliphatic heterocycles. The predicted octanol–water partition coefficient (Wildman–Crippen LogP) is 11.5. The van der Waals surface area contributed by atoms with Crippen molar-refractivity contribution >= 4 is 77.5 Å². The SMILES string of the molecule is [Pt+2].[c-]1c(-n2c3[c-]c(-n4c5ccccc5n5c6ccccc6nc45)ccc3c3ccccc32)cccc1-n1c2c(-c3ccccc3)cccc2n2c3ccccc3nc12. The number of rotatable bonds is 4. The Morgan fingerprint density at radius 1 is 0.362 bits per heavy atom. The molecule has 13 aromatic rings. The van der Waals surface area contributed by atoms with E-state index >= 15 is 0 Å². The van der Waals surface area contributed by atoms with Gasteiger partial charge in [0.15, 0.2) is 0 Å². The van der Waals surface area contributed by atoms with E-state index in [0.29, 0.717) is 0 Å². The van der Waals surface area contributed by atoms with Gasteiger partial charge >= 0.3 is 21.1 Å². The molecule has 13 rings (SSSR count). The average molecular weight is 923 g/mol. The van der Waals surface area contributed by atoms with Crippen LogP contribution in [0.4, 0.5) is 0 Å². The summed E-state index contributed by atoms with van der Waals surface area (Å²) in [7, 11) is 0. The Kier molecular flexibility index (Phi) is 7.05. The summed E-state index contributed by atoms with van der Waals surface area (Å²) in [5.74, 6) is 1.70. The zero-order chi connectivity index (χ0) is 37.2.